The van der Waals surface area contributed by atoms with Gasteiger partial charge in [-0.25, -0.2) is 0 Å². The first-order chi connectivity index (χ1) is 11.5. The van der Waals surface area contributed by atoms with E-state index in [1.54, 1.807) is 7.11 Å². The molecule has 6 heteroatoms. The normalized spacial score (nSPS) is 19.4. The van der Waals surface area contributed by atoms with E-state index in [0.717, 1.165) is 37.3 Å². The van der Waals surface area contributed by atoms with Gasteiger partial charge < -0.3 is 19.9 Å². The molecule has 0 saturated carbocycles. The first-order valence-electron chi connectivity index (χ1n) is 8.81. The molecule has 0 aromatic heterocycles. The van der Waals surface area contributed by atoms with E-state index < -0.39 is 0 Å². The highest BCUT2D eigenvalue weighted by atomic mass is 127. The number of piperidine rings is 1. The van der Waals surface area contributed by atoms with Gasteiger partial charge in [0.25, 0.3) is 0 Å². The molecule has 1 N–H and O–H groups in total. The van der Waals surface area contributed by atoms with Crippen molar-refractivity contribution in [3.63, 3.8) is 0 Å². The van der Waals surface area contributed by atoms with Crippen LogP contribution in [0.3, 0.4) is 0 Å². The molecule has 0 bridgehead atoms. The van der Waals surface area contributed by atoms with Gasteiger partial charge in [0, 0.05) is 26.7 Å². The minimum Gasteiger partial charge on any atom is -0.497 e. The van der Waals surface area contributed by atoms with Crippen LogP contribution in [-0.4, -0.2) is 63.6 Å². The summed E-state index contributed by atoms with van der Waals surface area (Å²) < 4.78 is 5.37. The maximum atomic E-state index is 5.37. The Balaban J connectivity index is 0.00000312. The zero-order valence-electron chi connectivity index (χ0n) is 16.2. The Kier molecular flexibility index (Phi) is 9.56. The Morgan fingerprint density at radius 3 is 2.80 bits per heavy atom. The number of halogens is 1. The molecule has 5 nitrogen and oxygen atoms in total. The van der Waals surface area contributed by atoms with E-state index in [4.69, 9.17) is 4.74 Å². The summed E-state index contributed by atoms with van der Waals surface area (Å²) in [4.78, 5) is 9.10. The summed E-state index contributed by atoms with van der Waals surface area (Å²) in [5, 5.41) is 3.57. The van der Waals surface area contributed by atoms with Crippen LogP contribution in [0.2, 0.25) is 0 Å². The molecule has 142 valence electrons. The lowest BCUT2D eigenvalue weighted by Crippen LogP contribution is -2.48. The molecule has 0 aliphatic carbocycles. The predicted molar refractivity (Wildman–Crippen MR) is 116 cm³/mol. The second-order valence-corrected chi connectivity index (χ2v) is 6.88. The topological polar surface area (TPSA) is 40.1 Å². The summed E-state index contributed by atoms with van der Waals surface area (Å²) in [5.41, 5.74) is 1.24. The first-order valence-corrected chi connectivity index (χ1v) is 8.81. The lowest BCUT2D eigenvalue weighted by atomic mass is 10.0. The van der Waals surface area contributed by atoms with Crippen LogP contribution in [0.1, 0.15) is 31.4 Å². The molecule has 2 unspecified atom stereocenters. The molecular weight excluding hydrogens is 427 g/mol. The third kappa shape index (κ3) is 6.33. The summed E-state index contributed by atoms with van der Waals surface area (Å²) >= 11 is 0. The van der Waals surface area contributed by atoms with Crippen LogP contribution >= 0.6 is 24.0 Å². The summed E-state index contributed by atoms with van der Waals surface area (Å²) in [6.07, 6.45) is 2.56. The Bertz CT molecular complexity index is 550. The van der Waals surface area contributed by atoms with Crippen molar-refractivity contribution in [2.75, 3.05) is 47.9 Å². The fourth-order valence-electron chi connectivity index (χ4n) is 3.35. The number of benzene rings is 1. The van der Waals surface area contributed by atoms with E-state index in [9.17, 15) is 0 Å². The molecule has 25 heavy (non-hydrogen) atoms. The standard InChI is InChI=1S/C19H32N4O.HI/c1-15-8-7-11-23(14-15)19(20-2)21-13-18(22(3)4)16-9-6-10-17(12-16)24-5;/h6,9-10,12,15,18H,7-8,11,13-14H2,1-5H3,(H,20,21);1H. The number of likely N-dealkylation sites (N-methyl/N-ethyl adjacent to an activating group) is 1. The number of aliphatic imine (C=N–C) groups is 1. The summed E-state index contributed by atoms with van der Waals surface area (Å²) in [6, 6.07) is 8.56. The van der Waals surface area contributed by atoms with E-state index in [1.807, 2.05) is 19.2 Å². The molecule has 1 aromatic rings. The number of ether oxygens (including phenoxy) is 1. The third-order valence-corrected chi connectivity index (χ3v) is 4.72. The molecule has 2 rings (SSSR count). The predicted octanol–water partition coefficient (Wildman–Crippen LogP) is 3.22. The van der Waals surface area contributed by atoms with Crippen molar-refractivity contribution >= 4 is 29.9 Å². The van der Waals surface area contributed by atoms with Crippen LogP contribution in [0.5, 0.6) is 5.75 Å². The lowest BCUT2D eigenvalue weighted by molar-refractivity contribution is 0.258. The van der Waals surface area contributed by atoms with Crippen molar-refractivity contribution in [3.8, 4) is 5.75 Å². The molecule has 1 fully saturated rings. The fourth-order valence-corrected chi connectivity index (χ4v) is 3.35. The summed E-state index contributed by atoms with van der Waals surface area (Å²) in [5.74, 6) is 2.64. The van der Waals surface area contributed by atoms with Crippen LogP contribution in [0.15, 0.2) is 29.3 Å². The number of nitrogens with one attached hydrogen (secondary N) is 1. The van der Waals surface area contributed by atoms with Crippen molar-refractivity contribution in [2.45, 2.75) is 25.8 Å². The van der Waals surface area contributed by atoms with Gasteiger partial charge in [-0.3, -0.25) is 4.99 Å². The Hall–Kier alpha value is -1.02. The SMILES string of the molecule is CN=C(NCC(c1cccc(OC)c1)N(C)C)N1CCCC(C)C1.I. The van der Waals surface area contributed by atoms with Crippen molar-refractivity contribution in [2.24, 2.45) is 10.9 Å². The lowest BCUT2D eigenvalue weighted by Gasteiger charge is -2.35. The average molecular weight is 460 g/mol. The zero-order valence-corrected chi connectivity index (χ0v) is 18.5. The van der Waals surface area contributed by atoms with Crippen molar-refractivity contribution in [3.05, 3.63) is 29.8 Å². The van der Waals surface area contributed by atoms with Gasteiger partial charge in [-0.1, -0.05) is 19.1 Å². The molecule has 0 spiro atoms. The summed E-state index contributed by atoms with van der Waals surface area (Å²) in [6.45, 7) is 5.32. The number of hydrogen-bond acceptors (Lipinski definition) is 3. The first kappa shape index (κ1) is 22.0. The average Bonchev–Trinajstić information content (AvgIpc) is 2.58. The fraction of sp³-hybridized carbons (Fsp3) is 0.632. The molecule has 1 aromatic carbocycles. The van der Waals surface area contributed by atoms with Crippen LogP contribution in [-0.2, 0) is 0 Å². The Morgan fingerprint density at radius 1 is 1.44 bits per heavy atom. The second kappa shape index (κ2) is 10.9. The Morgan fingerprint density at radius 2 is 2.20 bits per heavy atom. The van der Waals surface area contributed by atoms with Gasteiger partial charge in [-0.15, -0.1) is 24.0 Å². The van der Waals surface area contributed by atoms with Gasteiger partial charge in [0.05, 0.1) is 13.2 Å². The van der Waals surface area contributed by atoms with Crippen molar-refractivity contribution < 1.29 is 4.74 Å². The monoisotopic (exact) mass is 460 g/mol. The number of likely N-dealkylation sites (tertiary alicyclic amines) is 1. The van der Waals surface area contributed by atoms with Crippen LogP contribution in [0.4, 0.5) is 0 Å². The van der Waals surface area contributed by atoms with Gasteiger partial charge >= 0.3 is 0 Å². The molecule has 1 aliphatic heterocycles. The molecule has 2 atom stereocenters. The van der Waals surface area contributed by atoms with E-state index in [0.29, 0.717) is 0 Å². The van der Waals surface area contributed by atoms with Gasteiger partial charge in [0.15, 0.2) is 5.96 Å². The maximum Gasteiger partial charge on any atom is 0.193 e. The molecule has 0 amide bonds. The van der Waals surface area contributed by atoms with E-state index in [1.165, 1.54) is 18.4 Å². The molecular formula is C19H33IN4O. The van der Waals surface area contributed by atoms with Crippen molar-refractivity contribution in [1.82, 2.24) is 15.1 Å². The number of methoxy groups -OCH3 is 1. The Labute approximate surface area is 169 Å². The highest BCUT2D eigenvalue weighted by Crippen LogP contribution is 2.22. The van der Waals surface area contributed by atoms with E-state index >= 15 is 0 Å². The van der Waals surface area contributed by atoms with E-state index in [-0.39, 0.29) is 30.0 Å². The molecule has 0 radical (unpaired) electrons. The smallest absolute Gasteiger partial charge is 0.193 e. The number of nitrogens with zero attached hydrogens (tertiary/aromatic N) is 3. The highest BCUT2D eigenvalue weighted by Gasteiger charge is 2.21. The van der Waals surface area contributed by atoms with Gasteiger partial charge in [0.2, 0.25) is 0 Å². The molecule has 1 heterocycles. The van der Waals surface area contributed by atoms with Crippen molar-refractivity contribution in [1.29, 1.82) is 0 Å². The second-order valence-electron chi connectivity index (χ2n) is 6.88. The highest BCUT2D eigenvalue weighted by molar-refractivity contribution is 14.0. The van der Waals surface area contributed by atoms with Crippen LogP contribution in [0, 0.1) is 5.92 Å². The summed E-state index contributed by atoms with van der Waals surface area (Å²) in [7, 11) is 7.80. The van der Waals surface area contributed by atoms with Gasteiger partial charge in [0.1, 0.15) is 5.75 Å². The molecule has 1 saturated heterocycles. The van der Waals surface area contributed by atoms with Gasteiger partial charge in [-0.2, -0.15) is 0 Å². The zero-order chi connectivity index (χ0) is 17.5. The maximum absolute atomic E-state index is 5.37. The quantitative estimate of drug-likeness (QED) is 0.416. The third-order valence-electron chi connectivity index (χ3n) is 4.72. The van der Waals surface area contributed by atoms with E-state index in [2.05, 4.69) is 53.3 Å². The number of hydrogen-bond donors (Lipinski definition) is 1. The van der Waals surface area contributed by atoms with Crippen LogP contribution < -0.4 is 10.1 Å². The largest absolute Gasteiger partial charge is 0.497 e. The molecule has 1 aliphatic rings. The van der Waals surface area contributed by atoms with Gasteiger partial charge in [-0.05, 0) is 50.6 Å². The number of rotatable bonds is 5. The number of guanidine groups is 1. The minimum atomic E-state index is 0. The van der Waals surface area contributed by atoms with Crippen LogP contribution in [0.25, 0.3) is 0 Å². The minimum absolute atomic E-state index is 0.